The number of rotatable bonds is 11. The van der Waals surface area contributed by atoms with Crippen LogP contribution in [0.1, 0.15) is 15.9 Å². The van der Waals surface area contributed by atoms with Crippen LogP contribution in [-0.4, -0.2) is 53.1 Å². The Hall–Kier alpha value is -5.25. The number of esters is 1. The summed E-state index contributed by atoms with van der Waals surface area (Å²) in [7, 11) is 5.82. The summed E-state index contributed by atoms with van der Waals surface area (Å²) in [5.41, 5.74) is 3.21. The van der Waals surface area contributed by atoms with E-state index in [9.17, 15) is 9.59 Å². The van der Waals surface area contributed by atoms with Crippen molar-refractivity contribution in [3.05, 3.63) is 83.9 Å². The Bertz CT molecular complexity index is 1530. The summed E-state index contributed by atoms with van der Waals surface area (Å²) in [5.74, 6) is 0.968. The van der Waals surface area contributed by atoms with E-state index in [1.54, 1.807) is 24.3 Å². The van der Waals surface area contributed by atoms with E-state index in [0.717, 1.165) is 10.8 Å². The number of amides is 1. The lowest BCUT2D eigenvalue weighted by Gasteiger charge is -2.14. The van der Waals surface area contributed by atoms with Crippen molar-refractivity contribution in [1.82, 2.24) is 5.43 Å². The van der Waals surface area contributed by atoms with Crippen LogP contribution in [-0.2, 0) is 4.79 Å². The molecule has 0 aromatic heterocycles. The van der Waals surface area contributed by atoms with Crippen LogP contribution in [0, 0.1) is 0 Å². The summed E-state index contributed by atoms with van der Waals surface area (Å²) in [4.78, 5) is 25.0. The monoisotopic (exact) mass is 544 g/mol. The molecule has 4 rings (SSSR count). The van der Waals surface area contributed by atoms with Gasteiger partial charge in [0.2, 0.25) is 5.75 Å². The molecule has 0 atom stereocenters. The molecule has 4 aromatic carbocycles. The van der Waals surface area contributed by atoms with E-state index in [2.05, 4.69) is 10.5 Å². The van der Waals surface area contributed by atoms with Crippen molar-refractivity contribution >= 4 is 28.9 Å². The second kappa shape index (κ2) is 13.0. The summed E-state index contributed by atoms with van der Waals surface area (Å²) in [6.07, 6.45) is 1.43. The number of methoxy groups -OCH3 is 4. The van der Waals surface area contributed by atoms with Crippen LogP contribution in [0.3, 0.4) is 0 Å². The van der Waals surface area contributed by atoms with Crippen LogP contribution in [0.25, 0.3) is 10.8 Å². The molecule has 0 aliphatic rings. The molecule has 206 valence electrons. The maximum absolute atomic E-state index is 12.9. The highest BCUT2D eigenvalue weighted by Gasteiger charge is 2.19. The van der Waals surface area contributed by atoms with Gasteiger partial charge in [-0.3, -0.25) is 4.79 Å². The van der Waals surface area contributed by atoms with Gasteiger partial charge < -0.3 is 28.4 Å². The Morgan fingerprint density at radius 2 is 1.45 bits per heavy atom. The van der Waals surface area contributed by atoms with Gasteiger partial charge in [-0.2, -0.15) is 5.10 Å². The standard InChI is InChI=1S/C30H28N2O8/c1-35-25-13-19(17-31-32-28(33)18-39-23-11-10-20-7-5-6-8-21(20)14-23)9-12-24(25)40-30(34)22-15-26(36-2)29(38-4)27(16-22)37-3/h5-17H,18H2,1-4H3,(H,32,33)/b31-17-. The molecular formula is C30H28N2O8. The van der Waals surface area contributed by atoms with Crippen molar-refractivity contribution in [3.63, 3.8) is 0 Å². The van der Waals surface area contributed by atoms with Gasteiger partial charge in [0.25, 0.3) is 5.91 Å². The zero-order valence-electron chi connectivity index (χ0n) is 22.4. The molecule has 1 amide bonds. The van der Waals surface area contributed by atoms with Gasteiger partial charge in [-0.15, -0.1) is 0 Å². The van der Waals surface area contributed by atoms with Crippen LogP contribution in [0.4, 0.5) is 0 Å². The Morgan fingerprint density at radius 3 is 2.12 bits per heavy atom. The van der Waals surface area contributed by atoms with Crippen LogP contribution >= 0.6 is 0 Å². The minimum absolute atomic E-state index is 0.186. The van der Waals surface area contributed by atoms with E-state index in [1.165, 1.54) is 46.8 Å². The molecule has 0 unspecified atom stereocenters. The molecule has 10 heteroatoms. The SMILES string of the molecule is COc1cc(/C=N\NC(=O)COc2ccc3ccccc3c2)ccc1OC(=O)c1cc(OC)c(OC)c(OC)c1. The predicted octanol–water partition coefficient (Wildman–Crippen LogP) is 4.62. The molecule has 10 nitrogen and oxygen atoms in total. The molecule has 40 heavy (non-hydrogen) atoms. The Balaban J connectivity index is 1.36. The van der Waals surface area contributed by atoms with Gasteiger partial charge in [-0.25, -0.2) is 10.2 Å². The van der Waals surface area contributed by atoms with Crippen molar-refractivity contribution in [2.24, 2.45) is 5.10 Å². The molecule has 1 N–H and O–H groups in total. The van der Waals surface area contributed by atoms with Gasteiger partial charge in [0, 0.05) is 0 Å². The van der Waals surface area contributed by atoms with Crippen molar-refractivity contribution in [2.45, 2.75) is 0 Å². The molecule has 4 aromatic rings. The zero-order valence-corrected chi connectivity index (χ0v) is 22.4. The second-order valence-electron chi connectivity index (χ2n) is 8.30. The van der Waals surface area contributed by atoms with E-state index in [4.69, 9.17) is 28.4 Å². The molecule has 0 spiro atoms. The molecule has 0 radical (unpaired) electrons. The third kappa shape index (κ3) is 6.60. The first-order valence-corrected chi connectivity index (χ1v) is 12.1. The first kappa shape index (κ1) is 27.8. The maximum atomic E-state index is 12.9. The molecule has 0 aliphatic heterocycles. The van der Waals surface area contributed by atoms with Crippen LogP contribution < -0.4 is 33.8 Å². The number of fused-ring (bicyclic) bond motifs is 1. The van der Waals surface area contributed by atoms with Gasteiger partial charge in [0.05, 0.1) is 40.2 Å². The van der Waals surface area contributed by atoms with Crippen LogP contribution in [0.2, 0.25) is 0 Å². The van der Waals surface area contributed by atoms with Crippen molar-refractivity contribution in [1.29, 1.82) is 0 Å². The van der Waals surface area contributed by atoms with E-state index in [0.29, 0.717) is 28.6 Å². The van der Waals surface area contributed by atoms with Crippen molar-refractivity contribution in [3.8, 4) is 34.5 Å². The lowest BCUT2D eigenvalue weighted by atomic mass is 10.1. The molecular weight excluding hydrogens is 516 g/mol. The summed E-state index contributed by atoms with van der Waals surface area (Å²) < 4.78 is 32.4. The van der Waals surface area contributed by atoms with E-state index in [-0.39, 0.29) is 23.7 Å². The normalized spacial score (nSPS) is 10.7. The second-order valence-corrected chi connectivity index (χ2v) is 8.30. The first-order chi connectivity index (χ1) is 19.4. The fourth-order valence-electron chi connectivity index (χ4n) is 3.82. The number of nitrogens with one attached hydrogen (secondary N) is 1. The Morgan fingerprint density at radius 1 is 0.750 bits per heavy atom. The third-order valence-corrected chi connectivity index (χ3v) is 5.78. The topological polar surface area (TPSA) is 114 Å². The average Bonchev–Trinajstić information content (AvgIpc) is 2.99. The summed E-state index contributed by atoms with van der Waals surface area (Å²) in [6, 6.07) is 21.3. The lowest BCUT2D eigenvalue weighted by molar-refractivity contribution is -0.123. The van der Waals surface area contributed by atoms with Crippen molar-refractivity contribution < 1.29 is 38.0 Å². The molecule has 0 saturated carbocycles. The van der Waals surface area contributed by atoms with E-state index in [1.807, 2.05) is 36.4 Å². The predicted molar refractivity (Wildman–Crippen MR) is 149 cm³/mol. The maximum Gasteiger partial charge on any atom is 0.343 e. The third-order valence-electron chi connectivity index (χ3n) is 5.78. The quantitative estimate of drug-likeness (QED) is 0.126. The number of benzene rings is 4. The Labute approximate surface area is 231 Å². The van der Waals surface area contributed by atoms with E-state index >= 15 is 0 Å². The molecule has 0 heterocycles. The highest BCUT2D eigenvalue weighted by Crippen LogP contribution is 2.38. The number of hydrogen-bond donors (Lipinski definition) is 1. The number of carbonyl (C=O) groups excluding carboxylic acids is 2. The van der Waals surface area contributed by atoms with Gasteiger partial charge in [-0.1, -0.05) is 30.3 Å². The molecule has 0 aliphatic carbocycles. The van der Waals surface area contributed by atoms with Crippen molar-refractivity contribution in [2.75, 3.05) is 35.0 Å². The lowest BCUT2D eigenvalue weighted by Crippen LogP contribution is -2.24. The molecule has 0 saturated heterocycles. The number of hydrazone groups is 1. The van der Waals surface area contributed by atoms with Gasteiger partial charge >= 0.3 is 5.97 Å². The van der Waals surface area contributed by atoms with Crippen LogP contribution in [0.15, 0.2) is 77.9 Å². The summed E-state index contributed by atoms with van der Waals surface area (Å²) in [6.45, 7) is -0.200. The highest BCUT2D eigenvalue weighted by atomic mass is 16.6. The average molecular weight is 545 g/mol. The number of carbonyl (C=O) groups is 2. The van der Waals surface area contributed by atoms with E-state index < -0.39 is 11.9 Å². The first-order valence-electron chi connectivity index (χ1n) is 12.1. The number of nitrogens with zero attached hydrogens (tertiary/aromatic N) is 1. The van der Waals surface area contributed by atoms with Gasteiger partial charge in [0.1, 0.15) is 5.75 Å². The molecule has 0 fully saturated rings. The smallest absolute Gasteiger partial charge is 0.343 e. The summed E-state index contributed by atoms with van der Waals surface area (Å²) >= 11 is 0. The van der Waals surface area contributed by atoms with Crippen LogP contribution in [0.5, 0.6) is 34.5 Å². The largest absolute Gasteiger partial charge is 0.493 e. The summed E-state index contributed by atoms with van der Waals surface area (Å²) in [5, 5.41) is 6.07. The fraction of sp³-hybridized carbons (Fsp3) is 0.167. The number of hydrogen-bond acceptors (Lipinski definition) is 9. The minimum atomic E-state index is -0.655. The van der Waals surface area contributed by atoms with Gasteiger partial charge in [-0.05, 0) is 58.8 Å². The Kier molecular flexibility index (Phi) is 9.03. The van der Waals surface area contributed by atoms with Gasteiger partial charge in [0.15, 0.2) is 29.6 Å². The molecule has 0 bridgehead atoms. The number of ether oxygens (including phenoxy) is 6. The minimum Gasteiger partial charge on any atom is -0.493 e. The zero-order chi connectivity index (χ0) is 28.5. The fourth-order valence-corrected chi connectivity index (χ4v) is 3.82. The highest BCUT2D eigenvalue weighted by molar-refractivity contribution is 5.93.